The lowest BCUT2D eigenvalue weighted by atomic mass is 10.2. The topological polar surface area (TPSA) is 49.4 Å². The molecule has 0 aromatic carbocycles. The Bertz CT molecular complexity index is 279. The molecule has 1 saturated carbocycles. The second-order valence-corrected chi connectivity index (χ2v) is 6.10. The summed E-state index contributed by atoms with van der Waals surface area (Å²) in [4.78, 5) is 13.7. The maximum atomic E-state index is 11.8. The van der Waals surface area contributed by atoms with E-state index in [9.17, 15) is 9.00 Å². The highest BCUT2D eigenvalue weighted by Crippen LogP contribution is 2.20. The van der Waals surface area contributed by atoms with Gasteiger partial charge in [0.1, 0.15) is 0 Å². The molecule has 0 spiro atoms. The highest BCUT2D eigenvalue weighted by atomic mass is 32.2. The first kappa shape index (κ1) is 10.9. The molecule has 2 amide bonds. The SMILES string of the molecule is CC1CCS(=O)CCN1C(=O)NC1CC1. The number of nitrogens with zero attached hydrogens (tertiary/aromatic N) is 1. The van der Waals surface area contributed by atoms with Gasteiger partial charge >= 0.3 is 6.03 Å². The Morgan fingerprint density at radius 2 is 2.07 bits per heavy atom. The second-order valence-electron chi connectivity index (χ2n) is 4.40. The minimum absolute atomic E-state index is 0.0314. The zero-order chi connectivity index (χ0) is 10.8. The summed E-state index contributed by atoms with van der Waals surface area (Å²) in [5, 5.41) is 2.98. The molecule has 0 bridgehead atoms. The summed E-state index contributed by atoms with van der Waals surface area (Å²) in [5.74, 6) is 1.36. The predicted molar refractivity (Wildman–Crippen MR) is 60.2 cm³/mol. The van der Waals surface area contributed by atoms with Crippen molar-refractivity contribution in [1.82, 2.24) is 10.2 Å². The number of urea groups is 1. The molecule has 1 aliphatic heterocycles. The summed E-state index contributed by atoms with van der Waals surface area (Å²) < 4.78 is 11.4. The van der Waals surface area contributed by atoms with Crippen LogP contribution < -0.4 is 5.32 Å². The van der Waals surface area contributed by atoms with E-state index in [0.29, 0.717) is 18.3 Å². The molecule has 2 fully saturated rings. The van der Waals surface area contributed by atoms with Crippen molar-refractivity contribution in [3.63, 3.8) is 0 Å². The molecule has 5 heteroatoms. The molecule has 2 unspecified atom stereocenters. The Hall–Kier alpha value is -0.580. The molecule has 4 nitrogen and oxygen atoms in total. The minimum Gasteiger partial charge on any atom is -0.335 e. The Kier molecular flexibility index (Phi) is 3.29. The first-order chi connectivity index (χ1) is 7.16. The van der Waals surface area contributed by atoms with Crippen LogP contribution in [0.3, 0.4) is 0 Å². The van der Waals surface area contributed by atoms with E-state index < -0.39 is 10.8 Å². The highest BCUT2D eigenvalue weighted by molar-refractivity contribution is 7.85. The van der Waals surface area contributed by atoms with Gasteiger partial charge in [0.2, 0.25) is 0 Å². The van der Waals surface area contributed by atoms with Gasteiger partial charge in [-0.2, -0.15) is 0 Å². The number of amides is 2. The summed E-state index contributed by atoms with van der Waals surface area (Å²) in [6.45, 7) is 2.67. The van der Waals surface area contributed by atoms with Crippen molar-refractivity contribution in [2.75, 3.05) is 18.1 Å². The fourth-order valence-electron chi connectivity index (χ4n) is 1.77. The van der Waals surface area contributed by atoms with E-state index in [0.717, 1.165) is 25.0 Å². The zero-order valence-corrected chi connectivity index (χ0v) is 9.89. The van der Waals surface area contributed by atoms with Crippen LogP contribution in [0.25, 0.3) is 0 Å². The maximum absolute atomic E-state index is 11.8. The number of hydrogen-bond acceptors (Lipinski definition) is 2. The smallest absolute Gasteiger partial charge is 0.317 e. The number of hydrogen-bond donors (Lipinski definition) is 1. The van der Waals surface area contributed by atoms with E-state index in [1.54, 1.807) is 0 Å². The van der Waals surface area contributed by atoms with Gasteiger partial charge in [0.05, 0.1) is 0 Å². The van der Waals surface area contributed by atoms with E-state index in [2.05, 4.69) is 5.32 Å². The molecule has 0 radical (unpaired) electrons. The third-order valence-electron chi connectivity index (χ3n) is 3.02. The molecular weight excluding hydrogens is 212 g/mol. The van der Waals surface area contributed by atoms with Crippen molar-refractivity contribution in [3.05, 3.63) is 0 Å². The van der Waals surface area contributed by atoms with Crippen LogP contribution >= 0.6 is 0 Å². The molecule has 1 N–H and O–H groups in total. The fraction of sp³-hybridized carbons (Fsp3) is 0.900. The van der Waals surface area contributed by atoms with Crippen LogP contribution in [0.15, 0.2) is 0 Å². The second kappa shape index (κ2) is 4.51. The van der Waals surface area contributed by atoms with Gasteiger partial charge in [0.25, 0.3) is 0 Å². The molecule has 2 atom stereocenters. The molecule has 0 aromatic heterocycles. The Labute approximate surface area is 92.9 Å². The maximum Gasteiger partial charge on any atom is 0.317 e. The van der Waals surface area contributed by atoms with Gasteiger partial charge < -0.3 is 10.2 Å². The third kappa shape index (κ3) is 2.93. The predicted octanol–water partition coefficient (Wildman–Crippen LogP) is 0.701. The quantitative estimate of drug-likeness (QED) is 0.721. The average Bonchev–Trinajstić information content (AvgIpc) is 2.98. The zero-order valence-electron chi connectivity index (χ0n) is 9.07. The third-order valence-corrected chi connectivity index (χ3v) is 4.35. The minimum atomic E-state index is -0.734. The van der Waals surface area contributed by atoms with Gasteiger partial charge in [-0.1, -0.05) is 0 Å². The van der Waals surface area contributed by atoms with Gasteiger partial charge in [-0.25, -0.2) is 4.79 Å². The molecule has 15 heavy (non-hydrogen) atoms. The molecule has 1 aliphatic carbocycles. The van der Waals surface area contributed by atoms with Crippen molar-refractivity contribution in [1.29, 1.82) is 0 Å². The first-order valence-corrected chi connectivity index (χ1v) is 7.07. The van der Waals surface area contributed by atoms with Crippen molar-refractivity contribution >= 4 is 16.8 Å². The lowest BCUT2D eigenvalue weighted by Crippen LogP contribution is -2.46. The van der Waals surface area contributed by atoms with E-state index in [-0.39, 0.29) is 12.1 Å². The van der Waals surface area contributed by atoms with Crippen molar-refractivity contribution < 1.29 is 9.00 Å². The first-order valence-electron chi connectivity index (χ1n) is 5.59. The number of nitrogens with one attached hydrogen (secondary N) is 1. The fourth-order valence-corrected chi connectivity index (χ4v) is 2.98. The van der Waals surface area contributed by atoms with E-state index in [1.165, 1.54) is 0 Å². The molecular formula is C10H18N2O2S. The van der Waals surface area contributed by atoms with Gasteiger partial charge in [-0.15, -0.1) is 0 Å². The summed E-state index contributed by atoms with van der Waals surface area (Å²) in [5.41, 5.74) is 0. The largest absolute Gasteiger partial charge is 0.335 e. The Morgan fingerprint density at radius 3 is 2.73 bits per heavy atom. The standard InChI is InChI=1S/C10H18N2O2S/c1-8-4-6-15(14)7-5-12(8)10(13)11-9-2-3-9/h8-9H,2-7H2,1H3,(H,11,13). The summed E-state index contributed by atoms with van der Waals surface area (Å²) >= 11 is 0. The molecule has 1 saturated heterocycles. The van der Waals surface area contributed by atoms with Gasteiger partial charge in [-0.3, -0.25) is 4.21 Å². The molecule has 2 rings (SSSR count). The summed E-state index contributed by atoms with van der Waals surface area (Å²) in [6, 6.07) is 0.651. The van der Waals surface area contributed by atoms with Crippen molar-refractivity contribution in [2.24, 2.45) is 0 Å². The van der Waals surface area contributed by atoms with E-state index in [1.807, 2.05) is 11.8 Å². The normalized spacial score (nSPS) is 32.2. The van der Waals surface area contributed by atoms with Crippen molar-refractivity contribution in [3.8, 4) is 0 Å². The van der Waals surface area contributed by atoms with E-state index >= 15 is 0 Å². The van der Waals surface area contributed by atoms with E-state index in [4.69, 9.17) is 0 Å². The van der Waals surface area contributed by atoms with Crippen LogP contribution in [0.1, 0.15) is 26.2 Å². The van der Waals surface area contributed by atoms with Crippen LogP contribution in [0.4, 0.5) is 4.79 Å². The molecule has 86 valence electrons. The number of rotatable bonds is 1. The van der Waals surface area contributed by atoms with Crippen LogP contribution in [0.2, 0.25) is 0 Å². The van der Waals surface area contributed by atoms with Gasteiger partial charge in [0.15, 0.2) is 0 Å². The monoisotopic (exact) mass is 230 g/mol. The van der Waals surface area contributed by atoms with Gasteiger partial charge in [-0.05, 0) is 26.2 Å². The number of carbonyl (C=O) groups excluding carboxylic acids is 1. The summed E-state index contributed by atoms with van der Waals surface area (Å²) in [7, 11) is -0.734. The molecule has 0 aromatic rings. The lowest BCUT2D eigenvalue weighted by Gasteiger charge is -2.26. The molecule has 2 aliphatic rings. The molecule has 1 heterocycles. The Morgan fingerprint density at radius 1 is 1.33 bits per heavy atom. The van der Waals surface area contributed by atoms with Crippen LogP contribution in [0, 0.1) is 0 Å². The highest BCUT2D eigenvalue weighted by Gasteiger charge is 2.29. The van der Waals surface area contributed by atoms with Crippen LogP contribution in [-0.4, -0.2) is 45.3 Å². The number of carbonyl (C=O) groups is 1. The van der Waals surface area contributed by atoms with Crippen molar-refractivity contribution in [2.45, 2.75) is 38.3 Å². The van der Waals surface area contributed by atoms with Gasteiger partial charge in [0, 0.05) is 40.9 Å². The Balaban J connectivity index is 1.92. The lowest BCUT2D eigenvalue weighted by molar-refractivity contribution is 0.182. The summed E-state index contributed by atoms with van der Waals surface area (Å²) in [6.07, 6.45) is 3.07. The van der Waals surface area contributed by atoms with Crippen LogP contribution in [0.5, 0.6) is 0 Å². The van der Waals surface area contributed by atoms with Crippen LogP contribution in [-0.2, 0) is 10.8 Å². The average molecular weight is 230 g/mol.